The highest BCUT2D eigenvalue weighted by molar-refractivity contribution is 5.47. The largest absolute Gasteiger partial charge is 0.375 e. The number of anilines is 1. The average molecular weight is 251 g/mol. The van der Waals surface area contributed by atoms with Crippen molar-refractivity contribution in [3.8, 4) is 0 Å². The molecule has 18 heavy (non-hydrogen) atoms. The Morgan fingerprint density at radius 2 is 2.17 bits per heavy atom. The number of halogens is 1. The van der Waals surface area contributed by atoms with Gasteiger partial charge in [-0.05, 0) is 32.4 Å². The summed E-state index contributed by atoms with van der Waals surface area (Å²) in [6, 6.07) is 7.28. The van der Waals surface area contributed by atoms with Gasteiger partial charge in [0.25, 0.3) is 0 Å². The van der Waals surface area contributed by atoms with Gasteiger partial charge in [0.05, 0.1) is 11.2 Å². The van der Waals surface area contributed by atoms with E-state index in [2.05, 4.69) is 24.1 Å². The minimum absolute atomic E-state index is 0.202. The van der Waals surface area contributed by atoms with Crippen LogP contribution in [0.2, 0.25) is 0 Å². The summed E-state index contributed by atoms with van der Waals surface area (Å²) in [5.41, 5.74) is 6.27. The van der Waals surface area contributed by atoms with Crippen LogP contribution in [0.4, 0.5) is 10.1 Å². The summed E-state index contributed by atoms with van der Waals surface area (Å²) in [6.07, 6.45) is 0.954. The van der Waals surface area contributed by atoms with E-state index in [-0.39, 0.29) is 11.4 Å². The first-order chi connectivity index (χ1) is 8.56. The molecule has 0 radical (unpaired) electrons. The van der Waals surface area contributed by atoms with Crippen LogP contribution in [0.15, 0.2) is 24.3 Å². The van der Waals surface area contributed by atoms with Gasteiger partial charge >= 0.3 is 0 Å². The van der Waals surface area contributed by atoms with Crippen LogP contribution in [0.25, 0.3) is 0 Å². The number of nitrogens with two attached hydrogens (primary N) is 1. The first kappa shape index (κ1) is 13.3. The van der Waals surface area contributed by atoms with Crippen molar-refractivity contribution in [2.75, 3.05) is 25.0 Å². The lowest BCUT2D eigenvalue weighted by Gasteiger charge is -2.31. The van der Waals surface area contributed by atoms with Crippen LogP contribution >= 0.6 is 0 Å². The van der Waals surface area contributed by atoms with Gasteiger partial charge in [0, 0.05) is 25.7 Å². The molecule has 1 aliphatic rings. The number of nitrogens with zero attached hydrogens (tertiary/aromatic N) is 1. The molecule has 1 heterocycles. The highest BCUT2D eigenvalue weighted by Gasteiger charge is 2.38. The summed E-state index contributed by atoms with van der Waals surface area (Å²) in [5.74, 6) is -0.215. The second kappa shape index (κ2) is 5.24. The fourth-order valence-electron chi connectivity index (χ4n) is 2.51. The molecule has 1 fully saturated rings. The predicted octanol–water partition coefficient (Wildman–Crippen LogP) is 2.05. The molecule has 0 aromatic heterocycles. The molecular formula is C14H22FN3. The minimum Gasteiger partial charge on any atom is -0.375 e. The molecule has 0 saturated carbocycles. The Morgan fingerprint density at radius 3 is 2.72 bits per heavy atom. The number of rotatable bonds is 4. The van der Waals surface area contributed by atoms with Crippen LogP contribution < -0.4 is 11.1 Å². The van der Waals surface area contributed by atoms with E-state index >= 15 is 0 Å². The number of hydrogen-bond donors (Lipinski definition) is 2. The van der Waals surface area contributed by atoms with Gasteiger partial charge in [0.2, 0.25) is 0 Å². The Balaban J connectivity index is 2.13. The molecule has 1 unspecified atom stereocenters. The summed E-state index contributed by atoms with van der Waals surface area (Å²) in [5, 5.41) is 3.32. The summed E-state index contributed by atoms with van der Waals surface area (Å²) in [7, 11) is 0. The van der Waals surface area contributed by atoms with Crippen LogP contribution in [0.1, 0.15) is 20.3 Å². The maximum absolute atomic E-state index is 13.7. The smallest absolute Gasteiger partial charge is 0.146 e. The third kappa shape index (κ3) is 2.65. The molecule has 0 spiro atoms. The van der Waals surface area contributed by atoms with Crippen LogP contribution in [0, 0.1) is 5.82 Å². The molecule has 3 nitrogen and oxygen atoms in total. The summed E-state index contributed by atoms with van der Waals surface area (Å²) in [6.45, 7) is 6.75. The normalized spacial score (nSPS) is 24.7. The van der Waals surface area contributed by atoms with Gasteiger partial charge in [-0.25, -0.2) is 4.39 Å². The second-order valence-corrected chi connectivity index (χ2v) is 5.40. The highest BCUT2D eigenvalue weighted by Crippen LogP contribution is 2.27. The predicted molar refractivity (Wildman–Crippen MR) is 73.1 cm³/mol. The van der Waals surface area contributed by atoms with Crippen molar-refractivity contribution in [1.29, 1.82) is 0 Å². The highest BCUT2D eigenvalue weighted by atomic mass is 19.1. The van der Waals surface area contributed by atoms with Crippen LogP contribution in [0.3, 0.4) is 0 Å². The third-order valence-electron chi connectivity index (χ3n) is 3.78. The second-order valence-electron chi connectivity index (χ2n) is 5.40. The topological polar surface area (TPSA) is 41.3 Å². The average Bonchev–Trinajstić information content (AvgIpc) is 2.77. The molecule has 0 amide bonds. The first-order valence-corrected chi connectivity index (χ1v) is 6.53. The Kier molecular flexibility index (Phi) is 3.88. The first-order valence-electron chi connectivity index (χ1n) is 6.53. The van der Waals surface area contributed by atoms with Crippen molar-refractivity contribution in [2.24, 2.45) is 5.73 Å². The molecule has 0 bridgehead atoms. The molecule has 1 aromatic carbocycles. The zero-order valence-corrected chi connectivity index (χ0v) is 11.1. The number of likely N-dealkylation sites (tertiary alicyclic amines) is 1. The van der Waals surface area contributed by atoms with Crippen LogP contribution in [0.5, 0.6) is 0 Å². The lowest BCUT2D eigenvalue weighted by atomic mass is 9.98. The van der Waals surface area contributed by atoms with Gasteiger partial charge < -0.3 is 11.1 Å². The van der Waals surface area contributed by atoms with Gasteiger partial charge in [0.15, 0.2) is 0 Å². The van der Waals surface area contributed by atoms with Crippen molar-refractivity contribution in [3.63, 3.8) is 0 Å². The Bertz CT molecular complexity index is 408. The minimum atomic E-state index is -0.215. The summed E-state index contributed by atoms with van der Waals surface area (Å²) in [4.78, 5) is 2.38. The van der Waals surface area contributed by atoms with E-state index in [1.54, 1.807) is 12.1 Å². The Morgan fingerprint density at radius 1 is 1.44 bits per heavy atom. The molecular weight excluding hydrogens is 229 g/mol. The fourth-order valence-corrected chi connectivity index (χ4v) is 2.51. The molecule has 4 heteroatoms. The number of benzene rings is 1. The van der Waals surface area contributed by atoms with E-state index in [4.69, 9.17) is 5.73 Å². The van der Waals surface area contributed by atoms with Gasteiger partial charge in [0.1, 0.15) is 5.82 Å². The zero-order valence-electron chi connectivity index (χ0n) is 11.1. The van der Waals surface area contributed by atoms with Crippen LogP contribution in [-0.2, 0) is 0 Å². The molecule has 3 N–H and O–H groups in total. The molecule has 1 aromatic rings. The monoisotopic (exact) mass is 251 g/mol. The molecule has 1 saturated heterocycles. The quantitative estimate of drug-likeness (QED) is 0.860. The lowest BCUT2D eigenvalue weighted by Crippen LogP contribution is -2.48. The van der Waals surface area contributed by atoms with E-state index in [1.807, 2.05) is 6.07 Å². The van der Waals surface area contributed by atoms with E-state index in [0.717, 1.165) is 19.5 Å². The summed E-state index contributed by atoms with van der Waals surface area (Å²) >= 11 is 0. The lowest BCUT2D eigenvalue weighted by molar-refractivity contribution is 0.262. The van der Waals surface area contributed by atoms with Gasteiger partial charge in [-0.2, -0.15) is 0 Å². The standard InChI is InChI=1S/C14H22FN3/c1-11(2)18-8-7-14(9-16,10-18)17-13-6-4-3-5-12(13)15/h3-6,11,17H,7-10,16H2,1-2H3. The third-order valence-corrected chi connectivity index (χ3v) is 3.78. The van der Waals surface area contributed by atoms with Gasteiger partial charge in [-0.15, -0.1) is 0 Å². The number of hydrogen-bond acceptors (Lipinski definition) is 3. The molecule has 0 aliphatic carbocycles. The summed E-state index contributed by atoms with van der Waals surface area (Å²) < 4.78 is 13.7. The van der Waals surface area contributed by atoms with E-state index in [9.17, 15) is 4.39 Å². The van der Waals surface area contributed by atoms with Gasteiger partial charge in [-0.1, -0.05) is 12.1 Å². The maximum atomic E-state index is 13.7. The van der Waals surface area contributed by atoms with E-state index in [0.29, 0.717) is 18.3 Å². The number of para-hydroxylation sites is 1. The van der Waals surface area contributed by atoms with Crippen molar-refractivity contribution in [3.05, 3.63) is 30.1 Å². The fraction of sp³-hybridized carbons (Fsp3) is 0.571. The molecule has 2 rings (SSSR count). The van der Waals surface area contributed by atoms with Crippen molar-refractivity contribution in [2.45, 2.75) is 31.8 Å². The number of nitrogens with one attached hydrogen (secondary N) is 1. The molecule has 1 aliphatic heterocycles. The van der Waals surface area contributed by atoms with Crippen LogP contribution in [-0.4, -0.2) is 36.1 Å². The Labute approximate surface area is 108 Å². The van der Waals surface area contributed by atoms with Gasteiger partial charge in [-0.3, -0.25) is 4.90 Å². The zero-order chi connectivity index (χ0) is 13.2. The van der Waals surface area contributed by atoms with E-state index in [1.165, 1.54) is 6.07 Å². The SMILES string of the molecule is CC(C)N1CCC(CN)(Nc2ccccc2F)C1. The molecule has 100 valence electrons. The van der Waals surface area contributed by atoms with E-state index < -0.39 is 0 Å². The van der Waals surface area contributed by atoms with Crippen molar-refractivity contribution < 1.29 is 4.39 Å². The van der Waals surface area contributed by atoms with Crippen molar-refractivity contribution in [1.82, 2.24) is 4.90 Å². The maximum Gasteiger partial charge on any atom is 0.146 e. The Hall–Kier alpha value is -1.13. The molecule has 1 atom stereocenters. The van der Waals surface area contributed by atoms with Crippen molar-refractivity contribution >= 4 is 5.69 Å².